The summed E-state index contributed by atoms with van der Waals surface area (Å²) in [5.74, 6) is -0.150. The first kappa shape index (κ1) is 13.3. The first-order chi connectivity index (χ1) is 8.70. The fourth-order valence-electron chi connectivity index (χ4n) is 1.94. The Bertz CT molecular complexity index is 527. The lowest BCUT2D eigenvalue weighted by atomic mass is 10.0. The van der Waals surface area contributed by atoms with Crippen molar-refractivity contribution in [2.75, 3.05) is 5.32 Å². The Morgan fingerprint density at radius 1 is 1.17 bits per heavy atom. The Labute approximate surface area is 121 Å². The van der Waals surface area contributed by atoms with E-state index < -0.39 is 0 Å². The maximum Gasteiger partial charge on any atom is 0.128 e. The van der Waals surface area contributed by atoms with E-state index in [0.29, 0.717) is 0 Å². The quantitative estimate of drug-likeness (QED) is 0.762. The maximum absolute atomic E-state index is 13.8. The molecule has 0 fully saturated rings. The van der Waals surface area contributed by atoms with Gasteiger partial charge in [0.1, 0.15) is 5.82 Å². The first-order valence-corrected chi connectivity index (χ1v) is 7.05. The fourth-order valence-corrected chi connectivity index (χ4v) is 2.48. The van der Waals surface area contributed by atoms with Crippen molar-refractivity contribution in [1.29, 1.82) is 0 Å². The second-order valence-corrected chi connectivity index (χ2v) is 5.38. The topological polar surface area (TPSA) is 12.0 Å². The fraction of sp³-hybridized carbons (Fsp3) is 0.200. The molecule has 18 heavy (non-hydrogen) atoms. The largest absolute Gasteiger partial charge is 0.378 e. The van der Waals surface area contributed by atoms with Crippen molar-refractivity contribution in [2.45, 2.75) is 19.4 Å². The molecule has 0 spiro atoms. The molecular weight excluding hydrogens is 340 g/mol. The summed E-state index contributed by atoms with van der Waals surface area (Å²) in [7, 11) is 0. The van der Waals surface area contributed by atoms with Gasteiger partial charge in [-0.15, -0.1) is 0 Å². The molecule has 1 nitrogen and oxygen atoms in total. The monoisotopic (exact) mass is 355 g/mol. The Hall–Kier alpha value is -1.10. The molecule has 0 aromatic heterocycles. The van der Waals surface area contributed by atoms with Crippen LogP contribution >= 0.6 is 22.6 Å². The lowest BCUT2D eigenvalue weighted by molar-refractivity contribution is 0.587. The summed E-state index contributed by atoms with van der Waals surface area (Å²) < 4.78 is 14.9. The predicted molar refractivity (Wildman–Crippen MR) is 82.2 cm³/mol. The summed E-state index contributed by atoms with van der Waals surface area (Å²) in [4.78, 5) is 0. The summed E-state index contributed by atoms with van der Waals surface area (Å²) in [6, 6.07) is 15.0. The summed E-state index contributed by atoms with van der Waals surface area (Å²) in [5.41, 5.74) is 1.75. The van der Waals surface area contributed by atoms with Crippen molar-refractivity contribution in [3.05, 3.63) is 63.5 Å². The van der Waals surface area contributed by atoms with Gasteiger partial charge in [-0.05, 0) is 53.3 Å². The van der Waals surface area contributed by atoms with E-state index in [2.05, 4.69) is 40.9 Å². The van der Waals surface area contributed by atoms with Crippen molar-refractivity contribution in [1.82, 2.24) is 0 Å². The highest BCUT2D eigenvalue weighted by atomic mass is 127. The minimum Gasteiger partial charge on any atom is -0.378 e. The number of rotatable bonds is 4. The standard InChI is InChI=1S/C15H15FIN/c1-2-15(13-8-3-4-9-14(13)16)18-12-7-5-6-11(17)10-12/h3-10,15,18H,2H2,1H3. The third kappa shape index (κ3) is 3.22. The molecule has 0 amide bonds. The predicted octanol–water partition coefficient (Wildman–Crippen LogP) is 4.99. The number of hydrogen-bond acceptors (Lipinski definition) is 1. The van der Waals surface area contributed by atoms with E-state index in [0.717, 1.165) is 17.7 Å². The highest BCUT2D eigenvalue weighted by molar-refractivity contribution is 14.1. The van der Waals surface area contributed by atoms with Crippen LogP contribution in [0.25, 0.3) is 0 Å². The zero-order valence-electron chi connectivity index (χ0n) is 10.2. The van der Waals surface area contributed by atoms with Gasteiger partial charge in [-0.1, -0.05) is 31.2 Å². The zero-order chi connectivity index (χ0) is 13.0. The molecule has 3 heteroatoms. The van der Waals surface area contributed by atoms with Crippen LogP contribution in [0.4, 0.5) is 10.1 Å². The molecule has 94 valence electrons. The minimum absolute atomic E-state index is 0.00407. The normalized spacial score (nSPS) is 12.2. The summed E-state index contributed by atoms with van der Waals surface area (Å²) in [6.07, 6.45) is 0.840. The molecule has 0 heterocycles. The number of anilines is 1. The van der Waals surface area contributed by atoms with E-state index in [-0.39, 0.29) is 11.9 Å². The Balaban J connectivity index is 2.23. The molecule has 0 aliphatic rings. The van der Waals surface area contributed by atoms with Crippen LogP contribution in [0.15, 0.2) is 48.5 Å². The van der Waals surface area contributed by atoms with Crippen LogP contribution in [-0.2, 0) is 0 Å². The minimum atomic E-state index is -0.150. The average Bonchev–Trinajstić information content (AvgIpc) is 2.37. The molecule has 0 saturated heterocycles. The van der Waals surface area contributed by atoms with Gasteiger partial charge in [0, 0.05) is 14.8 Å². The van der Waals surface area contributed by atoms with E-state index in [9.17, 15) is 4.39 Å². The Kier molecular flexibility index (Phi) is 4.58. The smallest absolute Gasteiger partial charge is 0.128 e. The maximum atomic E-state index is 13.8. The van der Waals surface area contributed by atoms with Crippen molar-refractivity contribution < 1.29 is 4.39 Å². The average molecular weight is 355 g/mol. The number of benzene rings is 2. The molecule has 0 radical (unpaired) electrons. The van der Waals surface area contributed by atoms with Gasteiger partial charge < -0.3 is 5.32 Å². The summed E-state index contributed by atoms with van der Waals surface area (Å²) in [6.45, 7) is 2.05. The van der Waals surface area contributed by atoms with Crippen molar-refractivity contribution >= 4 is 28.3 Å². The van der Waals surface area contributed by atoms with Crippen LogP contribution in [0.1, 0.15) is 24.9 Å². The van der Waals surface area contributed by atoms with E-state index >= 15 is 0 Å². The summed E-state index contributed by atoms with van der Waals surface area (Å²) >= 11 is 2.27. The molecule has 0 bridgehead atoms. The van der Waals surface area contributed by atoms with E-state index in [4.69, 9.17) is 0 Å². The Morgan fingerprint density at radius 3 is 2.61 bits per heavy atom. The second-order valence-electron chi connectivity index (χ2n) is 4.14. The number of nitrogens with one attached hydrogen (secondary N) is 1. The summed E-state index contributed by atoms with van der Waals surface area (Å²) in [5, 5.41) is 3.38. The molecule has 1 unspecified atom stereocenters. The van der Waals surface area contributed by atoms with Crippen LogP contribution in [0.3, 0.4) is 0 Å². The van der Waals surface area contributed by atoms with Crippen molar-refractivity contribution in [3.8, 4) is 0 Å². The van der Waals surface area contributed by atoms with Crippen molar-refractivity contribution in [3.63, 3.8) is 0 Å². The van der Waals surface area contributed by atoms with Gasteiger partial charge in [-0.2, -0.15) is 0 Å². The van der Waals surface area contributed by atoms with Gasteiger partial charge in [0.05, 0.1) is 6.04 Å². The molecule has 1 N–H and O–H groups in total. The zero-order valence-corrected chi connectivity index (χ0v) is 12.3. The molecular formula is C15H15FIN. The highest BCUT2D eigenvalue weighted by Gasteiger charge is 2.13. The van der Waals surface area contributed by atoms with Crippen LogP contribution in [-0.4, -0.2) is 0 Å². The first-order valence-electron chi connectivity index (χ1n) is 5.97. The third-order valence-electron chi connectivity index (χ3n) is 2.85. The van der Waals surface area contributed by atoms with Crippen LogP contribution in [0, 0.1) is 9.39 Å². The number of hydrogen-bond donors (Lipinski definition) is 1. The van der Waals surface area contributed by atoms with Crippen molar-refractivity contribution in [2.24, 2.45) is 0 Å². The van der Waals surface area contributed by atoms with Crippen LogP contribution < -0.4 is 5.32 Å². The van der Waals surface area contributed by atoms with E-state index in [1.165, 1.54) is 9.64 Å². The van der Waals surface area contributed by atoms with Gasteiger partial charge in [0.25, 0.3) is 0 Å². The SMILES string of the molecule is CCC(Nc1cccc(I)c1)c1ccccc1F. The van der Waals surface area contributed by atoms with Gasteiger partial charge in [0.2, 0.25) is 0 Å². The van der Waals surface area contributed by atoms with Gasteiger partial charge >= 0.3 is 0 Å². The van der Waals surface area contributed by atoms with Crippen LogP contribution in [0.2, 0.25) is 0 Å². The Morgan fingerprint density at radius 2 is 1.94 bits per heavy atom. The second kappa shape index (κ2) is 6.18. The molecule has 2 aromatic carbocycles. The number of halogens is 2. The van der Waals surface area contributed by atoms with Crippen LogP contribution in [0.5, 0.6) is 0 Å². The third-order valence-corrected chi connectivity index (χ3v) is 3.53. The lowest BCUT2D eigenvalue weighted by Crippen LogP contribution is -2.11. The highest BCUT2D eigenvalue weighted by Crippen LogP contribution is 2.25. The van der Waals surface area contributed by atoms with Gasteiger partial charge in [-0.25, -0.2) is 4.39 Å². The van der Waals surface area contributed by atoms with Gasteiger partial charge in [-0.3, -0.25) is 0 Å². The molecule has 2 aromatic rings. The molecule has 2 rings (SSSR count). The molecule has 0 aliphatic heterocycles. The molecule has 0 saturated carbocycles. The van der Waals surface area contributed by atoms with E-state index in [1.54, 1.807) is 6.07 Å². The lowest BCUT2D eigenvalue weighted by Gasteiger charge is -2.19. The molecule has 1 atom stereocenters. The van der Waals surface area contributed by atoms with E-state index in [1.807, 2.05) is 30.3 Å². The molecule has 0 aliphatic carbocycles. The van der Waals surface area contributed by atoms with Gasteiger partial charge in [0.15, 0.2) is 0 Å².